The Kier molecular flexibility index (Phi) is 5.63. The number of carbonyl (C=O) groups is 3. The monoisotopic (exact) mass is 377 g/mol. The van der Waals surface area contributed by atoms with Crippen molar-refractivity contribution in [1.29, 1.82) is 0 Å². The molecule has 0 aliphatic carbocycles. The van der Waals surface area contributed by atoms with E-state index in [0.717, 1.165) is 18.2 Å². The standard InChI is InChI=1S/C19H17F2NO5/c20-13-3-4-15(21)14(10-13)16(23)11-27-19(25)12-5-7-22(8-6-12)18(24)17-2-1-9-26-17/h1-4,9-10,12H,5-8,11H2. The largest absolute Gasteiger partial charge is 0.459 e. The van der Waals surface area contributed by atoms with Crippen molar-refractivity contribution in [3.05, 3.63) is 59.6 Å². The SMILES string of the molecule is O=C(COC(=O)C1CCN(C(=O)c2ccco2)CC1)c1cc(F)ccc1F. The van der Waals surface area contributed by atoms with Crippen LogP contribution in [0.5, 0.6) is 0 Å². The van der Waals surface area contributed by atoms with E-state index < -0.39 is 41.5 Å². The Hall–Kier alpha value is -3.03. The summed E-state index contributed by atoms with van der Waals surface area (Å²) in [6.07, 6.45) is 2.18. The van der Waals surface area contributed by atoms with Crippen LogP contribution in [0.1, 0.15) is 33.8 Å². The summed E-state index contributed by atoms with van der Waals surface area (Å²) < 4.78 is 36.7. The predicted octanol–water partition coefficient (Wildman–Crippen LogP) is 2.84. The highest BCUT2D eigenvalue weighted by Gasteiger charge is 2.30. The summed E-state index contributed by atoms with van der Waals surface area (Å²) in [5, 5.41) is 0. The molecule has 1 saturated heterocycles. The van der Waals surface area contributed by atoms with Gasteiger partial charge in [-0.2, -0.15) is 0 Å². The fourth-order valence-corrected chi connectivity index (χ4v) is 2.92. The van der Waals surface area contributed by atoms with Crippen LogP contribution in [0.4, 0.5) is 8.78 Å². The third-order valence-corrected chi connectivity index (χ3v) is 4.42. The van der Waals surface area contributed by atoms with Gasteiger partial charge in [0, 0.05) is 13.1 Å². The van der Waals surface area contributed by atoms with Crippen molar-refractivity contribution in [3.63, 3.8) is 0 Å². The maximum atomic E-state index is 13.6. The molecule has 0 radical (unpaired) electrons. The number of carbonyl (C=O) groups excluding carboxylic acids is 3. The molecule has 1 aromatic carbocycles. The first-order valence-electron chi connectivity index (χ1n) is 8.43. The number of likely N-dealkylation sites (tertiary alicyclic amines) is 1. The van der Waals surface area contributed by atoms with Gasteiger partial charge in [0.15, 0.2) is 12.4 Å². The number of furan rings is 1. The number of ketones is 1. The van der Waals surface area contributed by atoms with Gasteiger partial charge in [0.2, 0.25) is 5.78 Å². The minimum atomic E-state index is -0.873. The number of hydrogen-bond donors (Lipinski definition) is 0. The molecule has 3 rings (SSSR count). The summed E-state index contributed by atoms with van der Waals surface area (Å²) in [6, 6.07) is 5.70. The topological polar surface area (TPSA) is 76.8 Å². The molecule has 2 aromatic rings. The summed E-state index contributed by atoms with van der Waals surface area (Å²) in [5.74, 6) is -3.50. The minimum absolute atomic E-state index is 0.235. The highest BCUT2D eigenvalue weighted by molar-refractivity contribution is 5.98. The number of nitrogens with zero attached hydrogens (tertiary/aromatic N) is 1. The number of ether oxygens (including phenoxy) is 1. The van der Waals surface area contributed by atoms with Gasteiger partial charge < -0.3 is 14.1 Å². The third kappa shape index (κ3) is 4.39. The highest BCUT2D eigenvalue weighted by Crippen LogP contribution is 2.21. The molecule has 1 amide bonds. The lowest BCUT2D eigenvalue weighted by Gasteiger charge is -2.30. The first-order chi connectivity index (χ1) is 13.0. The first kappa shape index (κ1) is 18.8. The second kappa shape index (κ2) is 8.11. The van der Waals surface area contributed by atoms with Gasteiger partial charge in [-0.05, 0) is 43.2 Å². The van der Waals surface area contributed by atoms with E-state index >= 15 is 0 Å². The molecule has 1 fully saturated rings. The fourth-order valence-electron chi connectivity index (χ4n) is 2.92. The van der Waals surface area contributed by atoms with Gasteiger partial charge in [0.25, 0.3) is 5.91 Å². The molecule has 1 aromatic heterocycles. The number of esters is 1. The van der Waals surface area contributed by atoms with Crippen molar-refractivity contribution in [2.45, 2.75) is 12.8 Å². The van der Waals surface area contributed by atoms with Crippen LogP contribution in [-0.2, 0) is 9.53 Å². The van der Waals surface area contributed by atoms with Crippen LogP contribution in [-0.4, -0.2) is 42.3 Å². The number of amides is 1. The van der Waals surface area contributed by atoms with Crippen LogP contribution in [0, 0.1) is 17.6 Å². The number of halogens is 2. The van der Waals surface area contributed by atoms with Crippen LogP contribution >= 0.6 is 0 Å². The van der Waals surface area contributed by atoms with Gasteiger partial charge in [-0.3, -0.25) is 14.4 Å². The molecular formula is C19H17F2NO5. The normalized spacial score (nSPS) is 14.8. The molecule has 6 nitrogen and oxygen atoms in total. The molecule has 0 unspecified atom stereocenters. The predicted molar refractivity (Wildman–Crippen MR) is 89.0 cm³/mol. The van der Waals surface area contributed by atoms with Crippen LogP contribution in [0.2, 0.25) is 0 Å². The maximum absolute atomic E-state index is 13.6. The molecule has 142 valence electrons. The van der Waals surface area contributed by atoms with Gasteiger partial charge in [-0.15, -0.1) is 0 Å². The number of piperidine rings is 1. The van der Waals surface area contributed by atoms with E-state index in [2.05, 4.69) is 0 Å². The van der Waals surface area contributed by atoms with E-state index in [9.17, 15) is 23.2 Å². The highest BCUT2D eigenvalue weighted by atomic mass is 19.1. The van der Waals surface area contributed by atoms with Gasteiger partial charge in [-0.1, -0.05) is 0 Å². The van der Waals surface area contributed by atoms with E-state index in [1.54, 1.807) is 17.0 Å². The lowest BCUT2D eigenvalue weighted by Crippen LogP contribution is -2.40. The lowest BCUT2D eigenvalue weighted by atomic mass is 9.97. The summed E-state index contributed by atoms with van der Waals surface area (Å²) in [5.41, 5.74) is -0.457. The molecular weight excluding hydrogens is 360 g/mol. The Morgan fingerprint density at radius 2 is 1.89 bits per heavy atom. The van der Waals surface area contributed by atoms with Gasteiger partial charge in [-0.25, -0.2) is 8.78 Å². The molecule has 27 heavy (non-hydrogen) atoms. The van der Waals surface area contributed by atoms with Crippen LogP contribution < -0.4 is 0 Å². The van der Waals surface area contributed by atoms with Crippen LogP contribution in [0.15, 0.2) is 41.0 Å². The fraction of sp³-hybridized carbons (Fsp3) is 0.316. The zero-order chi connectivity index (χ0) is 19.4. The van der Waals surface area contributed by atoms with Crippen molar-refractivity contribution >= 4 is 17.7 Å². The molecule has 0 bridgehead atoms. The molecule has 0 saturated carbocycles. The van der Waals surface area contributed by atoms with Crippen LogP contribution in [0.25, 0.3) is 0 Å². The zero-order valence-electron chi connectivity index (χ0n) is 14.3. The zero-order valence-corrected chi connectivity index (χ0v) is 14.3. The minimum Gasteiger partial charge on any atom is -0.459 e. The Morgan fingerprint density at radius 3 is 2.56 bits per heavy atom. The number of hydrogen-bond acceptors (Lipinski definition) is 5. The molecule has 1 aliphatic heterocycles. The third-order valence-electron chi connectivity index (χ3n) is 4.42. The van der Waals surface area contributed by atoms with E-state index in [-0.39, 0.29) is 11.7 Å². The molecule has 0 spiro atoms. The summed E-state index contributed by atoms with van der Waals surface area (Å²) in [7, 11) is 0. The van der Waals surface area contributed by atoms with Crippen molar-refractivity contribution in [3.8, 4) is 0 Å². The Labute approximate surface area is 153 Å². The summed E-state index contributed by atoms with van der Waals surface area (Å²) in [6.45, 7) is 0.0439. The summed E-state index contributed by atoms with van der Waals surface area (Å²) in [4.78, 5) is 37.8. The van der Waals surface area contributed by atoms with Crippen molar-refractivity contribution in [2.24, 2.45) is 5.92 Å². The maximum Gasteiger partial charge on any atom is 0.309 e. The molecule has 0 atom stereocenters. The molecule has 8 heteroatoms. The quantitative estimate of drug-likeness (QED) is 0.592. The molecule has 1 aliphatic rings. The molecule has 2 heterocycles. The Balaban J connectivity index is 1.49. The van der Waals surface area contributed by atoms with Crippen LogP contribution in [0.3, 0.4) is 0 Å². The van der Waals surface area contributed by atoms with Gasteiger partial charge >= 0.3 is 5.97 Å². The number of Topliss-reactive ketones (excluding diaryl/α,β-unsaturated/α-hetero) is 1. The van der Waals surface area contributed by atoms with E-state index in [0.29, 0.717) is 25.9 Å². The second-order valence-electron chi connectivity index (χ2n) is 6.20. The first-order valence-corrected chi connectivity index (χ1v) is 8.43. The Bertz CT molecular complexity index is 842. The Morgan fingerprint density at radius 1 is 1.15 bits per heavy atom. The second-order valence-corrected chi connectivity index (χ2v) is 6.20. The van der Waals surface area contributed by atoms with Crippen molar-refractivity contribution < 1.29 is 32.3 Å². The lowest BCUT2D eigenvalue weighted by molar-refractivity contribution is -0.148. The van der Waals surface area contributed by atoms with Crippen molar-refractivity contribution in [1.82, 2.24) is 4.90 Å². The number of benzene rings is 1. The average molecular weight is 377 g/mol. The van der Waals surface area contributed by atoms with Crippen molar-refractivity contribution in [2.75, 3.05) is 19.7 Å². The van der Waals surface area contributed by atoms with Gasteiger partial charge in [0.1, 0.15) is 11.6 Å². The number of rotatable bonds is 5. The van der Waals surface area contributed by atoms with E-state index in [1.807, 2.05) is 0 Å². The summed E-state index contributed by atoms with van der Waals surface area (Å²) >= 11 is 0. The average Bonchev–Trinajstić information content (AvgIpc) is 3.22. The van der Waals surface area contributed by atoms with E-state index in [4.69, 9.17) is 9.15 Å². The van der Waals surface area contributed by atoms with E-state index in [1.165, 1.54) is 6.26 Å². The van der Waals surface area contributed by atoms with Gasteiger partial charge in [0.05, 0.1) is 17.7 Å². The smallest absolute Gasteiger partial charge is 0.309 e. The molecule has 0 N–H and O–H groups in total.